The number of aromatic amines is 1. The van der Waals surface area contributed by atoms with Crippen LogP contribution in [0.1, 0.15) is 13.3 Å². The van der Waals surface area contributed by atoms with Crippen LogP contribution in [0.5, 0.6) is 0 Å². The molecule has 2 rings (SSSR count). The fourth-order valence-electron chi connectivity index (χ4n) is 1.95. The Morgan fingerprint density at radius 1 is 1.56 bits per heavy atom. The van der Waals surface area contributed by atoms with Gasteiger partial charge in [-0.05, 0) is 13.3 Å². The molecule has 0 spiro atoms. The summed E-state index contributed by atoms with van der Waals surface area (Å²) in [5.74, 6) is 0.155. The number of nitrogens with one attached hydrogen (secondary N) is 2. The average Bonchev–Trinajstić information content (AvgIpc) is 2.73. The van der Waals surface area contributed by atoms with E-state index >= 15 is 0 Å². The van der Waals surface area contributed by atoms with E-state index in [0.717, 1.165) is 6.42 Å². The lowest BCUT2D eigenvalue weighted by molar-refractivity contribution is 0.107. The molecule has 1 aromatic rings. The summed E-state index contributed by atoms with van der Waals surface area (Å²) in [4.78, 5) is 13.8. The van der Waals surface area contributed by atoms with Gasteiger partial charge < -0.3 is 9.72 Å². The van der Waals surface area contributed by atoms with E-state index in [1.165, 1.54) is 18.5 Å². The molecular formula is C11H16N2O4S. The predicted molar refractivity (Wildman–Crippen MR) is 65.8 cm³/mol. The van der Waals surface area contributed by atoms with Gasteiger partial charge >= 0.3 is 0 Å². The zero-order valence-corrected chi connectivity index (χ0v) is 10.9. The molecule has 0 saturated carbocycles. The number of hydrogen-bond donors (Lipinski definition) is 2. The third-order valence-corrected chi connectivity index (χ3v) is 4.59. The third kappa shape index (κ3) is 2.80. The topological polar surface area (TPSA) is 88.3 Å². The first-order chi connectivity index (χ1) is 8.50. The van der Waals surface area contributed by atoms with Crippen LogP contribution in [0.3, 0.4) is 0 Å². The monoisotopic (exact) mass is 272 g/mol. The molecular weight excluding hydrogens is 256 g/mol. The summed E-state index contributed by atoms with van der Waals surface area (Å²) in [6.45, 7) is 2.86. The molecule has 1 fully saturated rings. The minimum absolute atomic E-state index is 0.0433. The Balaban J connectivity index is 2.09. The van der Waals surface area contributed by atoms with E-state index in [-0.39, 0.29) is 23.5 Å². The van der Waals surface area contributed by atoms with Gasteiger partial charge in [0.2, 0.25) is 15.5 Å². The molecule has 2 unspecified atom stereocenters. The molecule has 1 aromatic heterocycles. The highest BCUT2D eigenvalue weighted by molar-refractivity contribution is 7.89. The average molecular weight is 272 g/mol. The number of H-pyrrole nitrogens is 1. The van der Waals surface area contributed by atoms with Gasteiger partial charge in [0.1, 0.15) is 4.90 Å². The number of rotatable bonds is 4. The molecule has 6 nitrogen and oxygen atoms in total. The number of aromatic nitrogens is 1. The van der Waals surface area contributed by atoms with E-state index in [4.69, 9.17) is 4.74 Å². The maximum absolute atomic E-state index is 11.9. The Hall–Kier alpha value is -1.18. The largest absolute Gasteiger partial charge is 0.378 e. The lowest BCUT2D eigenvalue weighted by atomic mass is 10.0. The molecule has 18 heavy (non-hydrogen) atoms. The van der Waals surface area contributed by atoms with E-state index < -0.39 is 15.5 Å². The van der Waals surface area contributed by atoms with Gasteiger partial charge in [0.25, 0.3) is 0 Å². The standard InChI is InChI=1S/C11H16N2O4S/c1-8-9(3-5-17-8)6-13-18(15,16)11-7-12-4-2-10(11)14/h2,4,7-9,13H,3,5-6H2,1H3,(H,12,14). The summed E-state index contributed by atoms with van der Waals surface area (Å²) in [7, 11) is -3.75. The van der Waals surface area contributed by atoms with Crippen molar-refractivity contribution >= 4 is 10.0 Å². The van der Waals surface area contributed by atoms with Gasteiger partial charge in [-0.1, -0.05) is 0 Å². The van der Waals surface area contributed by atoms with Crippen LogP contribution in [-0.4, -0.2) is 32.7 Å². The molecule has 2 atom stereocenters. The first-order valence-electron chi connectivity index (χ1n) is 5.79. The Kier molecular flexibility index (Phi) is 3.84. The van der Waals surface area contributed by atoms with E-state index in [1.807, 2.05) is 6.92 Å². The van der Waals surface area contributed by atoms with Crippen LogP contribution in [0.25, 0.3) is 0 Å². The molecule has 1 aliphatic heterocycles. The molecule has 7 heteroatoms. The molecule has 0 bridgehead atoms. The number of hydrogen-bond acceptors (Lipinski definition) is 4. The fraction of sp³-hybridized carbons (Fsp3) is 0.545. The molecule has 2 heterocycles. The summed E-state index contributed by atoms with van der Waals surface area (Å²) >= 11 is 0. The van der Waals surface area contributed by atoms with Crippen molar-refractivity contribution in [3.8, 4) is 0 Å². The zero-order valence-electron chi connectivity index (χ0n) is 10.0. The van der Waals surface area contributed by atoms with Crippen molar-refractivity contribution in [1.29, 1.82) is 0 Å². The molecule has 2 N–H and O–H groups in total. The molecule has 0 aliphatic carbocycles. The van der Waals surface area contributed by atoms with Crippen molar-refractivity contribution < 1.29 is 13.2 Å². The maximum Gasteiger partial charge on any atom is 0.245 e. The second-order valence-corrected chi connectivity index (χ2v) is 6.08. The summed E-state index contributed by atoms with van der Waals surface area (Å²) in [6.07, 6.45) is 3.46. The summed E-state index contributed by atoms with van der Waals surface area (Å²) in [6, 6.07) is 1.19. The van der Waals surface area contributed by atoms with Gasteiger partial charge in [0, 0.05) is 37.5 Å². The van der Waals surface area contributed by atoms with E-state index in [1.54, 1.807) is 0 Å². The van der Waals surface area contributed by atoms with Crippen LogP contribution in [0.15, 0.2) is 28.2 Å². The first kappa shape index (κ1) is 13.3. The molecule has 1 saturated heterocycles. The van der Waals surface area contributed by atoms with Gasteiger partial charge in [-0.2, -0.15) is 0 Å². The normalized spacial score (nSPS) is 24.3. The smallest absolute Gasteiger partial charge is 0.245 e. The molecule has 0 radical (unpaired) electrons. The van der Waals surface area contributed by atoms with Crippen molar-refractivity contribution in [1.82, 2.24) is 9.71 Å². The predicted octanol–water partition coefficient (Wildman–Crippen LogP) is 0.0782. The SMILES string of the molecule is CC1OCCC1CNS(=O)(=O)c1c[nH]ccc1=O. The van der Waals surface area contributed by atoms with E-state index in [2.05, 4.69) is 9.71 Å². The lowest BCUT2D eigenvalue weighted by Crippen LogP contribution is -2.34. The molecule has 0 amide bonds. The zero-order chi connectivity index (χ0) is 13.2. The molecule has 1 aliphatic rings. The maximum atomic E-state index is 11.9. The summed E-state index contributed by atoms with van der Waals surface area (Å²) < 4.78 is 31.7. The van der Waals surface area contributed by atoms with Crippen LogP contribution in [0.4, 0.5) is 0 Å². The highest BCUT2D eigenvalue weighted by Gasteiger charge is 2.26. The number of pyridine rings is 1. The molecule has 0 aromatic carbocycles. The van der Waals surface area contributed by atoms with Crippen LogP contribution in [0.2, 0.25) is 0 Å². The van der Waals surface area contributed by atoms with Crippen LogP contribution < -0.4 is 10.2 Å². The second-order valence-electron chi connectivity index (χ2n) is 4.35. The van der Waals surface area contributed by atoms with Gasteiger partial charge in [-0.15, -0.1) is 0 Å². The van der Waals surface area contributed by atoms with Gasteiger partial charge in [-0.3, -0.25) is 4.79 Å². The van der Waals surface area contributed by atoms with Crippen molar-refractivity contribution in [2.45, 2.75) is 24.3 Å². The van der Waals surface area contributed by atoms with Crippen molar-refractivity contribution in [2.75, 3.05) is 13.2 Å². The lowest BCUT2D eigenvalue weighted by Gasteiger charge is -2.14. The summed E-state index contributed by atoms with van der Waals surface area (Å²) in [5, 5.41) is 0. The van der Waals surface area contributed by atoms with E-state index in [0.29, 0.717) is 6.61 Å². The number of sulfonamides is 1. The highest BCUT2D eigenvalue weighted by atomic mass is 32.2. The van der Waals surface area contributed by atoms with Crippen molar-refractivity contribution in [2.24, 2.45) is 5.92 Å². The van der Waals surface area contributed by atoms with Crippen LogP contribution >= 0.6 is 0 Å². The molecule has 100 valence electrons. The van der Waals surface area contributed by atoms with E-state index in [9.17, 15) is 13.2 Å². The number of ether oxygens (including phenoxy) is 1. The minimum atomic E-state index is -3.75. The third-order valence-electron chi connectivity index (χ3n) is 3.15. The Morgan fingerprint density at radius 3 is 2.94 bits per heavy atom. The quantitative estimate of drug-likeness (QED) is 0.812. The van der Waals surface area contributed by atoms with Crippen molar-refractivity contribution in [3.05, 3.63) is 28.7 Å². The van der Waals surface area contributed by atoms with Crippen molar-refractivity contribution in [3.63, 3.8) is 0 Å². The Bertz CT molecular complexity index is 566. The minimum Gasteiger partial charge on any atom is -0.378 e. The summed E-state index contributed by atoms with van der Waals surface area (Å²) in [5.41, 5.74) is -0.517. The second kappa shape index (κ2) is 5.21. The van der Waals surface area contributed by atoms with Crippen LogP contribution in [0, 0.1) is 5.92 Å². The van der Waals surface area contributed by atoms with Crippen LogP contribution in [-0.2, 0) is 14.8 Å². The Morgan fingerprint density at radius 2 is 2.33 bits per heavy atom. The first-order valence-corrected chi connectivity index (χ1v) is 7.27. The Labute approximate surface area is 105 Å². The van der Waals surface area contributed by atoms with Gasteiger partial charge in [0.05, 0.1) is 6.10 Å². The fourth-order valence-corrected chi connectivity index (χ4v) is 3.09. The highest BCUT2D eigenvalue weighted by Crippen LogP contribution is 2.19. The van der Waals surface area contributed by atoms with Gasteiger partial charge in [-0.25, -0.2) is 13.1 Å². The van der Waals surface area contributed by atoms with Gasteiger partial charge in [0.15, 0.2) is 0 Å².